The largest absolute Gasteiger partial charge is 0.497 e. The highest BCUT2D eigenvalue weighted by atomic mass is 16.5. The molecule has 3 heteroatoms. The van der Waals surface area contributed by atoms with Gasteiger partial charge < -0.3 is 15.2 Å². The number of hydrogen-bond donors (Lipinski definition) is 1. The van der Waals surface area contributed by atoms with Crippen molar-refractivity contribution in [3.05, 3.63) is 59.2 Å². The maximum Gasteiger partial charge on any atom is 0.122 e. The standard InChI is InChI=1S/C19H25NO2/c1-14-7-5-6-8-17(14)19(2,13-20)12-15-11-16(21-3)9-10-18(15)22-4/h5-11H,12-13,20H2,1-4H3. The molecule has 3 nitrogen and oxygen atoms in total. The highest BCUT2D eigenvalue weighted by Crippen LogP contribution is 2.34. The van der Waals surface area contributed by atoms with Crippen LogP contribution in [0.2, 0.25) is 0 Å². The number of methoxy groups -OCH3 is 2. The molecule has 0 amide bonds. The van der Waals surface area contributed by atoms with E-state index in [9.17, 15) is 0 Å². The van der Waals surface area contributed by atoms with Crippen molar-refractivity contribution in [1.82, 2.24) is 0 Å². The van der Waals surface area contributed by atoms with Crippen LogP contribution >= 0.6 is 0 Å². The van der Waals surface area contributed by atoms with Gasteiger partial charge in [0.15, 0.2) is 0 Å². The molecular formula is C19H25NO2. The van der Waals surface area contributed by atoms with Gasteiger partial charge >= 0.3 is 0 Å². The fourth-order valence-electron chi connectivity index (χ4n) is 2.97. The summed E-state index contributed by atoms with van der Waals surface area (Å²) in [4.78, 5) is 0. The Morgan fingerprint density at radius 1 is 1.05 bits per heavy atom. The van der Waals surface area contributed by atoms with E-state index < -0.39 is 0 Å². The lowest BCUT2D eigenvalue weighted by Gasteiger charge is -2.31. The molecular weight excluding hydrogens is 274 g/mol. The Hall–Kier alpha value is -2.00. The minimum absolute atomic E-state index is 0.148. The van der Waals surface area contributed by atoms with Crippen LogP contribution in [-0.4, -0.2) is 20.8 Å². The molecule has 2 N–H and O–H groups in total. The van der Waals surface area contributed by atoms with Gasteiger partial charge in [0, 0.05) is 12.0 Å². The summed E-state index contributed by atoms with van der Waals surface area (Å²) in [6.07, 6.45) is 0.800. The number of nitrogens with two attached hydrogens (primary N) is 1. The Bertz CT molecular complexity index is 639. The zero-order chi connectivity index (χ0) is 16.2. The second-order valence-electron chi connectivity index (χ2n) is 5.93. The van der Waals surface area contributed by atoms with Crippen LogP contribution in [0.25, 0.3) is 0 Å². The summed E-state index contributed by atoms with van der Waals surface area (Å²) in [5.41, 5.74) is 9.65. The fourth-order valence-corrected chi connectivity index (χ4v) is 2.97. The molecule has 0 heterocycles. The molecule has 0 spiro atoms. The van der Waals surface area contributed by atoms with Gasteiger partial charge in [0.05, 0.1) is 14.2 Å². The molecule has 1 unspecified atom stereocenters. The monoisotopic (exact) mass is 299 g/mol. The first-order valence-corrected chi connectivity index (χ1v) is 7.51. The van der Waals surface area contributed by atoms with Crippen LogP contribution in [0.5, 0.6) is 11.5 Å². The van der Waals surface area contributed by atoms with Gasteiger partial charge in [-0.1, -0.05) is 31.2 Å². The lowest BCUT2D eigenvalue weighted by Crippen LogP contribution is -2.35. The summed E-state index contributed by atoms with van der Waals surface area (Å²) in [7, 11) is 3.37. The molecule has 0 saturated heterocycles. The van der Waals surface area contributed by atoms with Gasteiger partial charge in [-0.25, -0.2) is 0 Å². The van der Waals surface area contributed by atoms with E-state index in [2.05, 4.69) is 38.1 Å². The number of hydrogen-bond acceptors (Lipinski definition) is 3. The van der Waals surface area contributed by atoms with Crippen LogP contribution in [0.4, 0.5) is 0 Å². The first-order chi connectivity index (χ1) is 10.5. The maximum atomic E-state index is 6.15. The average Bonchev–Trinajstić information content (AvgIpc) is 2.55. The van der Waals surface area contributed by atoms with Crippen LogP contribution in [0, 0.1) is 6.92 Å². The van der Waals surface area contributed by atoms with E-state index in [1.807, 2.05) is 18.2 Å². The summed E-state index contributed by atoms with van der Waals surface area (Å²) < 4.78 is 10.9. The topological polar surface area (TPSA) is 44.5 Å². The predicted molar refractivity (Wildman–Crippen MR) is 90.8 cm³/mol. The van der Waals surface area contributed by atoms with Gasteiger partial charge in [0.25, 0.3) is 0 Å². The minimum Gasteiger partial charge on any atom is -0.497 e. The zero-order valence-electron chi connectivity index (χ0n) is 13.8. The molecule has 1 atom stereocenters. The molecule has 0 saturated carbocycles. The molecule has 0 aliphatic carbocycles. The van der Waals surface area contributed by atoms with Crippen molar-refractivity contribution < 1.29 is 9.47 Å². The molecule has 118 valence electrons. The Balaban J connectivity index is 2.44. The summed E-state index contributed by atoms with van der Waals surface area (Å²) in [5.74, 6) is 1.70. The second-order valence-corrected chi connectivity index (χ2v) is 5.93. The van der Waals surface area contributed by atoms with E-state index >= 15 is 0 Å². The van der Waals surface area contributed by atoms with Gasteiger partial charge in [-0.05, 0) is 48.2 Å². The molecule has 2 aromatic rings. The number of benzene rings is 2. The quantitative estimate of drug-likeness (QED) is 0.888. The van der Waals surface area contributed by atoms with E-state index in [-0.39, 0.29) is 5.41 Å². The van der Waals surface area contributed by atoms with Crippen molar-refractivity contribution >= 4 is 0 Å². The highest BCUT2D eigenvalue weighted by molar-refractivity contribution is 5.43. The Kier molecular flexibility index (Phi) is 5.09. The number of aryl methyl sites for hydroxylation is 1. The normalized spacial score (nSPS) is 13.5. The van der Waals surface area contributed by atoms with E-state index in [0.717, 1.165) is 23.5 Å². The third-order valence-electron chi connectivity index (χ3n) is 4.31. The molecule has 0 aliphatic rings. The van der Waals surface area contributed by atoms with Crippen molar-refractivity contribution in [2.24, 2.45) is 5.73 Å². The summed E-state index contributed by atoms with van der Waals surface area (Å²) >= 11 is 0. The molecule has 0 fully saturated rings. The molecule has 22 heavy (non-hydrogen) atoms. The average molecular weight is 299 g/mol. The Morgan fingerprint density at radius 3 is 2.36 bits per heavy atom. The minimum atomic E-state index is -0.148. The lowest BCUT2D eigenvalue weighted by molar-refractivity contribution is 0.390. The first-order valence-electron chi connectivity index (χ1n) is 7.51. The lowest BCUT2D eigenvalue weighted by atomic mass is 9.75. The van der Waals surface area contributed by atoms with Gasteiger partial charge in [-0.15, -0.1) is 0 Å². The van der Waals surface area contributed by atoms with Crippen molar-refractivity contribution in [1.29, 1.82) is 0 Å². The molecule has 0 bridgehead atoms. The van der Waals surface area contributed by atoms with Crippen LogP contribution in [0.15, 0.2) is 42.5 Å². The van der Waals surface area contributed by atoms with Gasteiger partial charge in [0.2, 0.25) is 0 Å². The molecule has 0 aliphatic heterocycles. The van der Waals surface area contributed by atoms with Crippen LogP contribution < -0.4 is 15.2 Å². The summed E-state index contributed by atoms with van der Waals surface area (Å²) in [6.45, 7) is 4.90. The van der Waals surface area contributed by atoms with Crippen LogP contribution in [0.1, 0.15) is 23.6 Å². The molecule has 0 aromatic heterocycles. The van der Waals surface area contributed by atoms with E-state index in [1.54, 1.807) is 14.2 Å². The maximum absolute atomic E-state index is 6.15. The van der Waals surface area contributed by atoms with Crippen molar-refractivity contribution in [3.8, 4) is 11.5 Å². The molecule has 2 aromatic carbocycles. The predicted octanol–water partition coefficient (Wildman–Crippen LogP) is 3.47. The Morgan fingerprint density at radius 2 is 1.77 bits per heavy atom. The van der Waals surface area contributed by atoms with Gasteiger partial charge in [-0.2, -0.15) is 0 Å². The fraction of sp³-hybridized carbons (Fsp3) is 0.368. The SMILES string of the molecule is COc1ccc(OC)c(CC(C)(CN)c2ccccc2C)c1. The molecule has 2 rings (SSSR count). The van der Waals surface area contributed by atoms with Crippen molar-refractivity contribution in [3.63, 3.8) is 0 Å². The van der Waals surface area contributed by atoms with Gasteiger partial charge in [0.1, 0.15) is 11.5 Å². The van der Waals surface area contributed by atoms with Crippen molar-refractivity contribution in [2.75, 3.05) is 20.8 Å². The first kappa shape index (κ1) is 16.4. The second kappa shape index (κ2) is 6.84. The van der Waals surface area contributed by atoms with Gasteiger partial charge in [-0.3, -0.25) is 0 Å². The van der Waals surface area contributed by atoms with Crippen LogP contribution in [-0.2, 0) is 11.8 Å². The highest BCUT2D eigenvalue weighted by Gasteiger charge is 2.28. The summed E-state index contributed by atoms with van der Waals surface area (Å²) in [5, 5.41) is 0. The zero-order valence-corrected chi connectivity index (χ0v) is 13.8. The van der Waals surface area contributed by atoms with E-state index in [1.165, 1.54) is 11.1 Å². The number of ether oxygens (including phenoxy) is 2. The smallest absolute Gasteiger partial charge is 0.122 e. The van der Waals surface area contributed by atoms with E-state index in [4.69, 9.17) is 15.2 Å². The van der Waals surface area contributed by atoms with E-state index in [0.29, 0.717) is 6.54 Å². The Labute approximate surface area is 133 Å². The molecule has 0 radical (unpaired) electrons. The van der Waals surface area contributed by atoms with Crippen LogP contribution in [0.3, 0.4) is 0 Å². The number of rotatable bonds is 6. The summed E-state index contributed by atoms with van der Waals surface area (Å²) in [6, 6.07) is 14.3. The third kappa shape index (κ3) is 3.25. The van der Waals surface area contributed by atoms with Crippen molar-refractivity contribution in [2.45, 2.75) is 25.7 Å². The third-order valence-corrected chi connectivity index (χ3v) is 4.31.